The number of nitrogens with zero attached hydrogens (tertiary/aromatic N) is 2. The summed E-state index contributed by atoms with van der Waals surface area (Å²) >= 11 is 0. The van der Waals surface area contributed by atoms with Gasteiger partial charge in [0.1, 0.15) is 0 Å². The quantitative estimate of drug-likeness (QED) is 0.656. The minimum absolute atomic E-state index is 0.146. The summed E-state index contributed by atoms with van der Waals surface area (Å²) in [5.41, 5.74) is 0.146. The van der Waals surface area contributed by atoms with Crippen molar-refractivity contribution in [2.75, 3.05) is 0 Å². The lowest BCUT2D eigenvalue weighted by Gasteiger charge is -2.22. The van der Waals surface area contributed by atoms with Gasteiger partial charge in [0.25, 0.3) is 0 Å². The normalized spacial score (nSPS) is 13.9. The smallest absolute Gasteiger partial charge is 0.136 e. The molecule has 1 aromatic heterocycles. The van der Waals surface area contributed by atoms with Gasteiger partial charge in [-0.15, -0.1) is 9.36 Å². The standard InChI is InChI=1S/C13H23N2/c1-6-12(3)11-13(4,5)15-10-8-9-14(15)7-2/h7-10,12H,2,6,11H2,1,3-5H3/q+1. The van der Waals surface area contributed by atoms with Crippen LogP contribution >= 0.6 is 0 Å². The van der Waals surface area contributed by atoms with Crippen LogP contribution in [0, 0.1) is 5.92 Å². The molecular formula is C13H23N2+. The molecule has 0 aliphatic carbocycles. The van der Waals surface area contributed by atoms with Gasteiger partial charge in [0.05, 0.1) is 12.4 Å². The van der Waals surface area contributed by atoms with E-state index in [9.17, 15) is 0 Å². The third kappa shape index (κ3) is 2.71. The summed E-state index contributed by atoms with van der Waals surface area (Å²) in [6.45, 7) is 12.9. The summed E-state index contributed by atoms with van der Waals surface area (Å²) < 4.78 is 4.29. The van der Waals surface area contributed by atoms with E-state index in [2.05, 4.69) is 51.2 Å². The zero-order valence-corrected chi connectivity index (χ0v) is 10.4. The SMILES string of the molecule is C=Cn1ccc[n+]1C(C)(C)CC(C)CC. The summed E-state index contributed by atoms with van der Waals surface area (Å²) in [5.74, 6) is 0.751. The second-order valence-electron chi connectivity index (χ2n) is 4.93. The average molecular weight is 207 g/mol. The second kappa shape index (κ2) is 4.65. The molecule has 2 heteroatoms. The third-order valence-corrected chi connectivity index (χ3v) is 3.07. The molecule has 1 aromatic rings. The van der Waals surface area contributed by atoms with Crippen molar-refractivity contribution in [1.29, 1.82) is 0 Å². The summed E-state index contributed by atoms with van der Waals surface area (Å²) in [7, 11) is 0. The monoisotopic (exact) mass is 207 g/mol. The van der Waals surface area contributed by atoms with Gasteiger partial charge in [-0.1, -0.05) is 26.8 Å². The Morgan fingerprint density at radius 3 is 2.73 bits per heavy atom. The van der Waals surface area contributed by atoms with E-state index in [0.29, 0.717) is 0 Å². The van der Waals surface area contributed by atoms with Crippen LogP contribution in [0.15, 0.2) is 25.0 Å². The van der Waals surface area contributed by atoms with E-state index in [-0.39, 0.29) is 5.54 Å². The highest BCUT2D eigenvalue weighted by atomic mass is 15.4. The Balaban J connectivity index is 2.89. The first-order valence-corrected chi connectivity index (χ1v) is 5.73. The van der Waals surface area contributed by atoms with Crippen LogP contribution in [0.25, 0.3) is 6.20 Å². The van der Waals surface area contributed by atoms with Crippen molar-refractivity contribution in [3.63, 3.8) is 0 Å². The molecule has 0 amide bonds. The molecule has 1 heterocycles. The van der Waals surface area contributed by atoms with Crippen LogP contribution in [0.1, 0.15) is 40.5 Å². The van der Waals surface area contributed by atoms with E-state index < -0.39 is 0 Å². The van der Waals surface area contributed by atoms with E-state index in [4.69, 9.17) is 0 Å². The fourth-order valence-electron chi connectivity index (χ4n) is 2.11. The molecule has 0 bridgehead atoms. The van der Waals surface area contributed by atoms with Gasteiger partial charge in [-0.2, -0.15) is 0 Å². The Hall–Kier alpha value is -1.05. The summed E-state index contributed by atoms with van der Waals surface area (Å²) in [6.07, 6.45) is 8.42. The summed E-state index contributed by atoms with van der Waals surface area (Å²) in [6, 6.07) is 2.06. The van der Waals surface area contributed by atoms with Gasteiger partial charge >= 0.3 is 0 Å². The largest absolute Gasteiger partial charge is 0.196 e. The highest BCUT2D eigenvalue weighted by Crippen LogP contribution is 2.20. The van der Waals surface area contributed by atoms with Gasteiger partial charge in [0, 0.05) is 26.3 Å². The molecule has 0 saturated carbocycles. The molecule has 0 spiro atoms. The zero-order valence-electron chi connectivity index (χ0n) is 10.4. The molecule has 0 fully saturated rings. The summed E-state index contributed by atoms with van der Waals surface area (Å²) in [4.78, 5) is 0. The van der Waals surface area contributed by atoms with Gasteiger partial charge in [-0.05, 0) is 5.92 Å². The first kappa shape index (κ1) is 12.0. The van der Waals surface area contributed by atoms with Crippen LogP contribution in [0.3, 0.4) is 0 Å². The van der Waals surface area contributed by atoms with Gasteiger partial charge < -0.3 is 0 Å². The van der Waals surface area contributed by atoms with Crippen LogP contribution in [0.2, 0.25) is 0 Å². The van der Waals surface area contributed by atoms with Crippen molar-refractivity contribution in [3.05, 3.63) is 25.0 Å². The van der Waals surface area contributed by atoms with E-state index in [0.717, 1.165) is 5.92 Å². The molecule has 0 N–H and O–H groups in total. The molecule has 0 aliphatic heterocycles. The van der Waals surface area contributed by atoms with Crippen molar-refractivity contribution in [2.45, 2.75) is 46.1 Å². The Labute approximate surface area is 93.2 Å². The lowest BCUT2D eigenvalue weighted by molar-refractivity contribution is -0.820. The maximum atomic E-state index is 3.82. The highest BCUT2D eigenvalue weighted by Gasteiger charge is 2.32. The average Bonchev–Trinajstić information content (AvgIpc) is 2.65. The van der Waals surface area contributed by atoms with Gasteiger partial charge in [0.15, 0.2) is 11.7 Å². The fourth-order valence-corrected chi connectivity index (χ4v) is 2.11. The predicted molar refractivity (Wildman–Crippen MR) is 64.4 cm³/mol. The van der Waals surface area contributed by atoms with Crippen LogP contribution < -0.4 is 4.68 Å². The molecule has 0 saturated heterocycles. The Morgan fingerprint density at radius 1 is 1.53 bits per heavy atom. The van der Waals surface area contributed by atoms with Crippen molar-refractivity contribution >= 4 is 6.20 Å². The fraction of sp³-hybridized carbons (Fsp3) is 0.615. The first-order valence-electron chi connectivity index (χ1n) is 5.73. The second-order valence-corrected chi connectivity index (χ2v) is 4.93. The van der Waals surface area contributed by atoms with E-state index in [1.165, 1.54) is 12.8 Å². The number of aromatic nitrogens is 2. The van der Waals surface area contributed by atoms with E-state index in [1.54, 1.807) is 0 Å². The highest BCUT2D eigenvalue weighted by molar-refractivity contribution is 5.10. The predicted octanol–water partition coefficient (Wildman–Crippen LogP) is 3.05. The number of rotatable bonds is 5. The molecule has 0 aromatic carbocycles. The molecule has 0 aliphatic rings. The Morgan fingerprint density at radius 2 is 2.20 bits per heavy atom. The molecular weight excluding hydrogens is 184 g/mol. The van der Waals surface area contributed by atoms with Crippen LogP contribution in [0.4, 0.5) is 0 Å². The van der Waals surface area contributed by atoms with Gasteiger partial charge in [-0.25, -0.2) is 0 Å². The Bertz CT molecular complexity index is 323. The third-order valence-electron chi connectivity index (χ3n) is 3.07. The minimum Gasteiger partial charge on any atom is -0.136 e. The Kier molecular flexibility index (Phi) is 3.72. The number of hydrogen-bond donors (Lipinski definition) is 0. The molecule has 0 radical (unpaired) electrons. The lowest BCUT2D eigenvalue weighted by atomic mass is 9.90. The van der Waals surface area contributed by atoms with Crippen molar-refractivity contribution in [2.24, 2.45) is 5.92 Å². The molecule has 84 valence electrons. The number of hydrogen-bond acceptors (Lipinski definition) is 0. The van der Waals surface area contributed by atoms with Crippen molar-refractivity contribution in [3.8, 4) is 0 Å². The van der Waals surface area contributed by atoms with Crippen molar-refractivity contribution < 1.29 is 4.68 Å². The van der Waals surface area contributed by atoms with E-state index >= 15 is 0 Å². The molecule has 1 unspecified atom stereocenters. The maximum Gasteiger partial charge on any atom is 0.196 e. The van der Waals surface area contributed by atoms with Crippen LogP contribution in [-0.2, 0) is 5.54 Å². The molecule has 1 atom stereocenters. The maximum absolute atomic E-state index is 3.82. The molecule has 2 nitrogen and oxygen atoms in total. The van der Waals surface area contributed by atoms with Crippen LogP contribution in [0.5, 0.6) is 0 Å². The lowest BCUT2D eigenvalue weighted by Crippen LogP contribution is -2.57. The van der Waals surface area contributed by atoms with E-state index in [1.807, 2.05) is 17.1 Å². The molecule has 1 rings (SSSR count). The molecule has 15 heavy (non-hydrogen) atoms. The van der Waals surface area contributed by atoms with Crippen LogP contribution in [-0.4, -0.2) is 4.68 Å². The minimum atomic E-state index is 0.146. The van der Waals surface area contributed by atoms with Crippen molar-refractivity contribution in [1.82, 2.24) is 4.68 Å². The zero-order chi connectivity index (χ0) is 11.5. The first-order chi connectivity index (χ1) is 7.01. The topological polar surface area (TPSA) is 8.81 Å². The summed E-state index contributed by atoms with van der Waals surface area (Å²) in [5, 5.41) is 0. The van der Waals surface area contributed by atoms with Gasteiger partial charge in [-0.3, -0.25) is 0 Å². The van der Waals surface area contributed by atoms with Gasteiger partial charge in [0.2, 0.25) is 0 Å².